The largest absolute Gasteiger partial charge is 0.297 e. The van der Waals surface area contributed by atoms with Crippen LogP contribution in [0.2, 0.25) is 0 Å². The molecule has 1 aliphatic heterocycles. The summed E-state index contributed by atoms with van der Waals surface area (Å²) >= 11 is 0. The molecule has 0 atom stereocenters. The maximum Gasteiger partial charge on any atom is 0.0235 e. The Bertz CT molecular complexity index is 553. The van der Waals surface area contributed by atoms with E-state index in [1.165, 1.54) is 29.8 Å². The van der Waals surface area contributed by atoms with Crippen molar-refractivity contribution in [1.82, 2.24) is 4.90 Å². The van der Waals surface area contributed by atoms with Gasteiger partial charge in [0.05, 0.1) is 0 Å². The van der Waals surface area contributed by atoms with Crippen LogP contribution in [0.15, 0.2) is 61.2 Å². The van der Waals surface area contributed by atoms with Crippen LogP contribution in [0.3, 0.4) is 0 Å². The zero-order chi connectivity index (χ0) is 12.4. The Balaban J connectivity index is 1.84. The SMILES string of the molecule is C=C(c1ccccc1)c1cccc(CN2CC2)c1. The lowest BCUT2D eigenvalue weighted by atomic mass is 9.98. The van der Waals surface area contributed by atoms with Gasteiger partial charge in [-0.25, -0.2) is 0 Å². The summed E-state index contributed by atoms with van der Waals surface area (Å²) < 4.78 is 0. The number of hydrogen-bond donors (Lipinski definition) is 0. The standard InChI is InChI=1S/C17H17N/c1-14(16-7-3-2-4-8-16)17-9-5-6-15(12-17)13-18-10-11-18/h2-9,12H,1,10-11,13H2. The van der Waals surface area contributed by atoms with Crippen LogP contribution in [0.4, 0.5) is 0 Å². The lowest BCUT2D eigenvalue weighted by Gasteiger charge is -2.09. The molecule has 1 fully saturated rings. The molecule has 0 bridgehead atoms. The first-order valence-corrected chi connectivity index (χ1v) is 6.39. The Morgan fingerprint density at radius 2 is 1.67 bits per heavy atom. The Labute approximate surface area is 108 Å². The number of nitrogens with zero attached hydrogens (tertiary/aromatic N) is 1. The van der Waals surface area contributed by atoms with Crippen molar-refractivity contribution in [2.45, 2.75) is 6.54 Å². The van der Waals surface area contributed by atoms with Crippen LogP contribution in [-0.2, 0) is 6.54 Å². The lowest BCUT2D eigenvalue weighted by Crippen LogP contribution is -1.97. The van der Waals surface area contributed by atoms with E-state index < -0.39 is 0 Å². The third-order valence-corrected chi connectivity index (χ3v) is 3.34. The number of benzene rings is 2. The summed E-state index contributed by atoms with van der Waals surface area (Å²) in [7, 11) is 0. The third kappa shape index (κ3) is 2.52. The van der Waals surface area contributed by atoms with Crippen LogP contribution in [-0.4, -0.2) is 18.0 Å². The first-order valence-electron chi connectivity index (χ1n) is 6.39. The normalized spacial score (nSPS) is 14.4. The van der Waals surface area contributed by atoms with Gasteiger partial charge in [-0.05, 0) is 28.3 Å². The van der Waals surface area contributed by atoms with E-state index >= 15 is 0 Å². The fraction of sp³-hybridized carbons (Fsp3) is 0.176. The van der Waals surface area contributed by atoms with Crippen molar-refractivity contribution in [1.29, 1.82) is 0 Å². The van der Waals surface area contributed by atoms with E-state index in [4.69, 9.17) is 0 Å². The van der Waals surface area contributed by atoms with Gasteiger partial charge in [0, 0.05) is 19.6 Å². The highest BCUT2D eigenvalue weighted by Crippen LogP contribution is 2.23. The second-order valence-corrected chi connectivity index (χ2v) is 4.82. The van der Waals surface area contributed by atoms with E-state index in [0.717, 1.165) is 12.1 Å². The summed E-state index contributed by atoms with van der Waals surface area (Å²) in [6.45, 7) is 7.76. The molecule has 0 aliphatic carbocycles. The highest BCUT2D eigenvalue weighted by Gasteiger charge is 2.17. The zero-order valence-electron chi connectivity index (χ0n) is 10.5. The number of hydrogen-bond acceptors (Lipinski definition) is 1. The summed E-state index contributed by atoms with van der Waals surface area (Å²) in [5.41, 5.74) is 4.90. The van der Waals surface area contributed by atoms with Gasteiger partial charge in [-0.15, -0.1) is 0 Å². The van der Waals surface area contributed by atoms with Crippen molar-refractivity contribution in [3.8, 4) is 0 Å². The first kappa shape index (κ1) is 11.2. The zero-order valence-corrected chi connectivity index (χ0v) is 10.5. The van der Waals surface area contributed by atoms with Crippen LogP contribution in [0.5, 0.6) is 0 Å². The summed E-state index contributed by atoms with van der Waals surface area (Å²) in [6, 6.07) is 19.1. The second kappa shape index (κ2) is 4.79. The van der Waals surface area contributed by atoms with Gasteiger partial charge in [-0.1, -0.05) is 55.1 Å². The average molecular weight is 235 g/mol. The lowest BCUT2D eigenvalue weighted by molar-refractivity contribution is 0.556. The van der Waals surface area contributed by atoms with Crippen molar-refractivity contribution in [2.24, 2.45) is 0 Å². The van der Waals surface area contributed by atoms with Gasteiger partial charge in [0.2, 0.25) is 0 Å². The molecule has 18 heavy (non-hydrogen) atoms. The summed E-state index contributed by atoms with van der Waals surface area (Å²) in [4.78, 5) is 2.42. The number of rotatable bonds is 4. The predicted octanol–water partition coefficient (Wildman–Crippen LogP) is 3.56. The monoisotopic (exact) mass is 235 g/mol. The van der Waals surface area contributed by atoms with Crippen LogP contribution in [0.1, 0.15) is 16.7 Å². The second-order valence-electron chi connectivity index (χ2n) is 4.82. The maximum atomic E-state index is 4.22. The van der Waals surface area contributed by atoms with Crippen LogP contribution >= 0.6 is 0 Å². The smallest absolute Gasteiger partial charge is 0.0235 e. The molecular weight excluding hydrogens is 218 g/mol. The van der Waals surface area contributed by atoms with Gasteiger partial charge in [0.25, 0.3) is 0 Å². The molecule has 1 aliphatic rings. The van der Waals surface area contributed by atoms with Gasteiger partial charge < -0.3 is 0 Å². The van der Waals surface area contributed by atoms with E-state index in [1.54, 1.807) is 0 Å². The van der Waals surface area contributed by atoms with Gasteiger partial charge >= 0.3 is 0 Å². The van der Waals surface area contributed by atoms with Gasteiger partial charge in [-0.3, -0.25) is 4.90 Å². The fourth-order valence-corrected chi connectivity index (χ4v) is 2.15. The molecule has 0 amide bonds. The highest BCUT2D eigenvalue weighted by atomic mass is 15.2. The predicted molar refractivity (Wildman–Crippen MR) is 76.3 cm³/mol. The molecule has 0 radical (unpaired) electrons. The molecule has 0 N–H and O–H groups in total. The summed E-state index contributed by atoms with van der Waals surface area (Å²) in [6.07, 6.45) is 0. The van der Waals surface area contributed by atoms with E-state index in [-0.39, 0.29) is 0 Å². The molecular formula is C17H17N. The van der Waals surface area contributed by atoms with E-state index in [2.05, 4.69) is 60.0 Å². The molecule has 0 aromatic heterocycles. The fourth-order valence-electron chi connectivity index (χ4n) is 2.15. The quantitative estimate of drug-likeness (QED) is 0.732. The van der Waals surface area contributed by atoms with E-state index in [0.29, 0.717) is 0 Å². The topological polar surface area (TPSA) is 3.01 Å². The molecule has 1 saturated heterocycles. The highest BCUT2D eigenvalue weighted by molar-refractivity contribution is 5.78. The van der Waals surface area contributed by atoms with Crippen molar-refractivity contribution in [3.05, 3.63) is 77.9 Å². The Morgan fingerprint density at radius 1 is 0.944 bits per heavy atom. The Morgan fingerprint density at radius 3 is 2.39 bits per heavy atom. The molecule has 0 spiro atoms. The average Bonchev–Trinajstić information content (AvgIpc) is 3.23. The molecule has 1 nitrogen and oxygen atoms in total. The summed E-state index contributed by atoms with van der Waals surface area (Å²) in [5, 5.41) is 0. The molecule has 90 valence electrons. The van der Waals surface area contributed by atoms with Crippen molar-refractivity contribution in [2.75, 3.05) is 13.1 Å². The molecule has 2 aromatic carbocycles. The Kier molecular flexibility index (Phi) is 2.99. The molecule has 3 rings (SSSR count). The molecule has 1 heteroatoms. The molecule has 0 unspecified atom stereocenters. The maximum absolute atomic E-state index is 4.22. The third-order valence-electron chi connectivity index (χ3n) is 3.34. The van der Waals surface area contributed by atoms with E-state index in [9.17, 15) is 0 Å². The molecule has 0 saturated carbocycles. The molecule has 1 heterocycles. The van der Waals surface area contributed by atoms with Crippen LogP contribution in [0.25, 0.3) is 5.57 Å². The minimum atomic E-state index is 1.07. The van der Waals surface area contributed by atoms with Gasteiger partial charge in [0.1, 0.15) is 0 Å². The first-order chi connectivity index (χ1) is 8.83. The minimum Gasteiger partial charge on any atom is -0.297 e. The minimum absolute atomic E-state index is 1.07. The summed E-state index contributed by atoms with van der Waals surface area (Å²) in [5.74, 6) is 0. The van der Waals surface area contributed by atoms with Crippen molar-refractivity contribution >= 4 is 5.57 Å². The van der Waals surface area contributed by atoms with E-state index in [1.807, 2.05) is 6.07 Å². The van der Waals surface area contributed by atoms with Gasteiger partial charge in [-0.2, -0.15) is 0 Å². The van der Waals surface area contributed by atoms with Crippen molar-refractivity contribution < 1.29 is 0 Å². The van der Waals surface area contributed by atoms with Crippen LogP contribution < -0.4 is 0 Å². The van der Waals surface area contributed by atoms with Crippen molar-refractivity contribution in [3.63, 3.8) is 0 Å². The van der Waals surface area contributed by atoms with Crippen LogP contribution in [0, 0.1) is 0 Å². The molecule has 2 aromatic rings. The Hall–Kier alpha value is -1.86. The van der Waals surface area contributed by atoms with Gasteiger partial charge in [0.15, 0.2) is 0 Å².